The number of carbonyl (C=O) groups excluding carboxylic acids is 2. The van der Waals surface area contributed by atoms with Crippen molar-refractivity contribution >= 4 is 23.5 Å². The number of nitrogens with one attached hydrogen (secondary N) is 2. The van der Waals surface area contributed by atoms with Gasteiger partial charge in [0.1, 0.15) is 11.6 Å². The maximum absolute atomic E-state index is 13.2. The lowest BCUT2D eigenvalue weighted by Crippen LogP contribution is -2.42. The number of rotatable bonds is 8. The van der Waals surface area contributed by atoms with E-state index in [1.165, 1.54) is 11.1 Å². The summed E-state index contributed by atoms with van der Waals surface area (Å²) < 4.78 is 5.50. The molecule has 0 aliphatic carbocycles. The van der Waals surface area contributed by atoms with Crippen molar-refractivity contribution in [2.45, 2.75) is 44.9 Å². The molecule has 10 heteroatoms. The van der Waals surface area contributed by atoms with E-state index in [0.717, 1.165) is 38.2 Å². The largest absolute Gasteiger partial charge is 0.390 e. The molecular weight excluding hydrogens is 496 g/mol. The van der Waals surface area contributed by atoms with Crippen molar-refractivity contribution in [3.63, 3.8) is 0 Å². The van der Waals surface area contributed by atoms with Crippen molar-refractivity contribution < 1.29 is 19.4 Å². The highest BCUT2D eigenvalue weighted by Gasteiger charge is 2.23. The molecule has 0 saturated carbocycles. The molecule has 10 nitrogen and oxygen atoms in total. The number of ether oxygens (including phenoxy) is 1. The summed E-state index contributed by atoms with van der Waals surface area (Å²) in [5.41, 5.74) is 3.19. The Labute approximate surface area is 230 Å². The number of aliphatic hydroxyl groups excluding tert-OH is 1. The van der Waals surface area contributed by atoms with Crippen molar-refractivity contribution in [1.29, 1.82) is 0 Å². The topological polar surface area (TPSA) is 110 Å². The number of piperidine rings is 1. The Morgan fingerprint density at radius 1 is 1.08 bits per heavy atom. The van der Waals surface area contributed by atoms with Crippen LogP contribution in [0.4, 0.5) is 11.6 Å². The zero-order valence-electron chi connectivity index (χ0n) is 22.8. The Morgan fingerprint density at radius 3 is 2.56 bits per heavy atom. The van der Waals surface area contributed by atoms with Gasteiger partial charge in [0.15, 0.2) is 0 Å². The van der Waals surface area contributed by atoms with Gasteiger partial charge in [0, 0.05) is 70.9 Å². The highest BCUT2D eigenvalue weighted by Crippen LogP contribution is 2.23. The third-order valence-electron chi connectivity index (χ3n) is 7.88. The number of aromatic nitrogens is 1. The van der Waals surface area contributed by atoms with E-state index in [1.54, 1.807) is 13.0 Å². The SMILES string of the molecule is CC(=O)N1CCC(Nc2cc(C(=O)NC[C@H](O)CN3CCc4ccccc4C3)cc(N3CCOCC3)n2)CC1. The summed E-state index contributed by atoms with van der Waals surface area (Å²) in [6.45, 7) is 8.11. The third-order valence-corrected chi connectivity index (χ3v) is 7.88. The van der Waals surface area contributed by atoms with Crippen LogP contribution >= 0.6 is 0 Å². The highest BCUT2D eigenvalue weighted by molar-refractivity contribution is 5.95. The maximum atomic E-state index is 13.2. The Bertz CT molecular complexity index is 1150. The number of nitrogens with zero attached hydrogens (tertiary/aromatic N) is 4. The number of anilines is 2. The van der Waals surface area contributed by atoms with E-state index < -0.39 is 6.10 Å². The first-order chi connectivity index (χ1) is 18.9. The molecule has 5 rings (SSSR count). The van der Waals surface area contributed by atoms with Crippen molar-refractivity contribution in [3.05, 3.63) is 53.1 Å². The van der Waals surface area contributed by atoms with Crippen LogP contribution in [0.2, 0.25) is 0 Å². The van der Waals surface area contributed by atoms with Crippen LogP contribution in [-0.2, 0) is 22.5 Å². The van der Waals surface area contributed by atoms with Gasteiger partial charge in [0.05, 0.1) is 19.3 Å². The molecule has 1 atom stereocenters. The summed E-state index contributed by atoms with van der Waals surface area (Å²) >= 11 is 0. The Morgan fingerprint density at radius 2 is 1.82 bits per heavy atom. The molecule has 1 aromatic carbocycles. The Kier molecular flexibility index (Phi) is 8.95. The quantitative estimate of drug-likeness (QED) is 0.466. The van der Waals surface area contributed by atoms with E-state index in [4.69, 9.17) is 9.72 Å². The summed E-state index contributed by atoms with van der Waals surface area (Å²) in [5.74, 6) is 1.26. The van der Waals surface area contributed by atoms with Crippen molar-refractivity contribution in [2.24, 2.45) is 0 Å². The van der Waals surface area contributed by atoms with E-state index in [9.17, 15) is 14.7 Å². The molecule has 39 heavy (non-hydrogen) atoms. The zero-order chi connectivity index (χ0) is 27.2. The monoisotopic (exact) mass is 536 g/mol. The van der Waals surface area contributed by atoms with E-state index in [0.29, 0.717) is 57.3 Å². The molecule has 3 N–H and O–H groups in total. The highest BCUT2D eigenvalue weighted by atomic mass is 16.5. The first-order valence-corrected chi connectivity index (χ1v) is 14.1. The normalized spacial score (nSPS) is 19.3. The van der Waals surface area contributed by atoms with Gasteiger partial charge in [-0.05, 0) is 42.5 Å². The van der Waals surface area contributed by atoms with Gasteiger partial charge in [0.25, 0.3) is 5.91 Å². The van der Waals surface area contributed by atoms with Crippen LogP contribution in [0, 0.1) is 0 Å². The third kappa shape index (κ3) is 7.26. The van der Waals surface area contributed by atoms with Crippen LogP contribution in [-0.4, -0.2) is 103 Å². The molecule has 1 aromatic heterocycles. The van der Waals surface area contributed by atoms with Crippen molar-refractivity contribution in [2.75, 3.05) is 69.2 Å². The molecule has 4 heterocycles. The number of pyridine rings is 1. The average Bonchev–Trinajstić information content (AvgIpc) is 2.96. The fraction of sp³-hybridized carbons (Fsp3) is 0.552. The van der Waals surface area contributed by atoms with E-state index in [-0.39, 0.29) is 24.4 Å². The minimum absolute atomic E-state index is 0.104. The van der Waals surface area contributed by atoms with Crippen LogP contribution in [0.15, 0.2) is 36.4 Å². The van der Waals surface area contributed by atoms with Gasteiger partial charge in [-0.15, -0.1) is 0 Å². The number of carbonyl (C=O) groups is 2. The number of likely N-dealkylation sites (tertiary alicyclic amines) is 1. The summed E-state index contributed by atoms with van der Waals surface area (Å²) in [6, 6.07) is 12.2. The maximum Gasteiger partial charge on any atom is 0.251 e. The van der Waals surface area contributed by atoms with E-state index >= 15 is 0 Å². The lowest BCUT2D eigenvalue weighted by atomic mass is 10.00. The second-order valence-corrected chi connectivity index (χ2v) is 10.7. The van der Waals surface area contributed by atoms with Crippen LogP contribution in [0.1, 0.15) is 41.3 Å². The first kappa shape index (κ1) is 27.4. The minimum atomic E-state index is -0.663. The summed E-state index contributed by atoms with van der Waals surface area (Å²) in [5, 5.41) is 17.1. The molecule has 2 amide bonds. The van der Waals surface area contributed by atoms with E-state index in [2.05, 4.69) is 44.7 Å². The first-order valence-electron chi connectivity index (χ1n) is 14.1. The predicted molar refractivity (Wildman–Crippen MR) is 150 cm³/mol. The number of benzene rings is 1. The van der Waals surface area contributed by atoms with Crippen molar-refractivity contribution in [1.82, 2.24) is 20.1 Å². The number of aliphatic hydroxyl groups is 1. The second kappa shape index (κ2) is 12.8. The van der Waals surface area contributed by atoms with Crippen LogP contribution in [0.25, 0.3) is 0 Å². The van der Waals surface area contributed by atoms with Gasteiger partial charge in [-0.25, -0.2) is 4.98 Å². The van der Waals surface area contributed by atoms with Crippen LogP contribution < -0.4 is 15.5 Å². The Balaban J connectivity index is 1.20. The Hall–Kier alpha value is -3.21. The summed E-state index contributed by atoms with van der Waals surface area (Å²) in [6.07, 6.45) is 1.97. The minimum Gasteiger partial charge on any atom is -0.390 e. The molecular formula is C29H40N6O4. The number of hydrogen-bond donors (Lipinski definition) is 3. The van der Waals surface area contributed by atoms with Gasteiger partial charge in [0.2, 0.25) is 5.91 Å². The number of fused-ring (bicyclic) bond motifs is 1. The van der Waals surface area contributed by atoms with Crippen molar-refractivity contribution in [3.8, 4) is 0 Å². The molecule has 3 aliphatic rings. The van der Waals surface area contributed by atoms with Gasteiger partial charge in [-0.2, -0.15) is 0 Å². The number of amides is 2. The molecule has 210 valence electrons. The molecule has 0 unspecified atom stereocenters. The summed E-state index contributed by atoms with van der Waals surface area (Å²) in [7, 11) is 0. The molecule has 0 spiro atoms. The zero-order valence-corrected chi connectivity index (χ0v) is 22.8. The number of β-amino-alcohol motifs (C(OH)–C–C–N with tert-alkyl or cyclic N) is 1. The van der Waals surface area contributed by atoms with Gasteiger partial charge < -0.3 is 30.3 Å². The fourth-order valence-corrected chi connectivity index (χ4v) is 5.61. The molecule has 2 aromatic rings. The average molecular weight is 537 g/mol. The lowest BCUT2D eigenvalue weighted by Gasteiger charge is -2.32. The van der Waals surface area contributed by atoms with E-state index in [1.807, 2.05) is 11.0 Å². The number of hydrogen-bond acceptors (Lipinski definition) is 8. The standard InChI is InChI=1S/C29H40N6O4/c1-21(36)34-10-7-25(8-11-34)31-27-16-24(17-28(32-27)35-12-14-39-15-13-35)29(38)30-18-26(37)20-33-9-6-22-4-2-3-5-23(22)19-33/h2-5,16-17,25-26,37H,6-15,18-20H2,1H3,(H,30,38)(H,31,32)/t26-/m0/s1. The molecule has 2 saturated heterocycles. The molecule has 0 radical (unpaired) electrons. The fourth-order valence-electron chi connectivity index (χ4n) is 5.61. The predicted octanol–water partition coefficient (Wildman–Crippen LogP) is 1.49. The second-order valence-electron chi connectivity index (χ2n) is 10.7. The van der Waals surface area contributed by atoms with Crippen LogP contribution in [0.5, 0.6) is 0 Å². The summed E-state index contributed by atoms with van der Waals surface area (Å²) in [4.78, 5) is 36.0. The molecule has 0 bridgehead atoms. The molecule has 2 fully saturated rings. The van der Waals surface area contributed by atoms with Gasteiger partial charge in [-0.1, -0.05) is 24.3 Å². The lowest BCUT2D eigenvalue weighted by molar-refractivity contribution is -0.129. The van der Waals surface area contributed by atoms with Gasteiger partial charge in [-0.3, -0.25) is 14.5 Å². The van der Waals surface area contributed by atoms with Gasteiger partial charge >= 0.3 is 0 Å². The van der Waals surface area contributed by atoms with Crippen LogP contribution in [0.3, 0.4) is 0 Å². The molecule has 3 aliphatic heterocycles. The number of morpholine rings is 1. The smallest absolute Gasteiger partial charge is 0.251 e.